The molecule has 1 aromatic heterocycles. The SMILES string of the molecule is CC(C)CCOc1cccc(C2/C(=C(\O)c3ccccc3)C(=O)C(=O)N2c2nccs2)c1. The number of ether oxygens (including phenoxy) is 1. The highest BCUT2D eigenvalue weighted by Gasteiger charge is 2.48. The van der Waals surface area contributed by atoms with Crippen molar-refractivity contribution in [3.05, 3.63) is 82.9 Å². The zero-order valence-electron chi connectivity index (χ0n) is 17.9. The van der Waals surface area contributed by atoms with Crippen LogP contribution in [0.2, 0.25) is 0 Å². The number of Topliss-reactive ketones (excluding diaryl/α,β-unsaturated/α-hetero) is 1. The fourth-order valence-electron chi connectivity index (χ4n) is 3.62. The highest BCUT2D eigenvalue weighted by Crippen LogP contribution is 2.43. The van der Waals surface area contributed by atoms with Gasteiger partial charge in [0.15, 0.2) is 5.13 Å². The number of nitrogens with zero attached hydrogens (tertiary/aromatic N) is 2. The monoisotopic (exact) mass is 448 g/mol. The van der Waals surface area contributed by atoms with Crippen molar-refractivity contribution in [2.24, 2.45) is 5.92 Å². The van der Waals surface area contributed by atoms with Gasteiger partial charge in [-0.2, -0.15) is 0 Å². The number of amides is 1. The van der Waals surface area contributed by atoms with Gasteiger partial charge in [-0.15, -0.1) is 11.3 Å². The summed E-state index contributed by atoms with van der Waals surface area (Å²) in [5, 5.41) is 13.2. The molecular formula is C25H24N2O4S. The van der Waals surface area contributed by atoms with E-state index in [9.17, 15) is 14.7 Å². The van der Waals surface area contributed by atoms with Crippen LogP contribution in [0.3, 0.4) is 0 Å². The first-order valence-electron chi connectivity index (χ1n) is 10.5. The van der Waals surface area contributed by atoms with E-state index in [1.807, 2.05) is 30.3 Å². The Labute approximate surface area is 190 Å². The van der Waals surface area contributed by atoms with Gasteiger partial charge < -0.3 is 9.84 Å². The number of carbonyl (C=O) groups excluding carboxylic acids is 2. The number of carbonyl (C=O) groups is 2. The maximum absolute atomic E-state index is 13.1. The molecule has 164 valence electrons. The summed E-state index contributed by atoms with van der Waals surface area (Å²) in [5.74, 6) is -0.501. The summed E-state index contributed by atoms with van der Waals surface area (Å²) in [6, 6.07) is 15.3. The molecule has 0 aliphatic carbocycles. The Morgan fingerprint density at radius 1 is 1.16 bits per heavy atom. The van der Waals surface area contributed by atoms with Crippen LogP contribution >= 0.6 is 11.3 Å². The minimum Gasteiger partial charge on any atom is -0.507 e. The Morgan fingerprint density at radius 3 is 2.62 bits per heavy atom. The van der Waals surface area contributed by atoms with Crippen molar-refractivity contribution in [2.45, 2.75) is 26.3 Å². The molecule has 0 bridgehead atoms. The molecule has 1 aliphatic heterocycles. The molecule has 1 unspecified atom stereocenters. The smallest absolute Gasteiger partial charge is 0.301 e. The Balaban J connectivity index is 1.81. The number of aliphatic hydroxyl groups excluding tert-OH is 1. The molecular weight excluding hydrogens is 424 g/mol. The summed E-state index contributed by atoms with van der Waals surface area (Å²) >= 11 is 1.26. The number of thiazole rings is 1. The highest BCUT2D eigenvalue weighted by atomic mass is 32.1. The third-order valence-electron chi connectivity index (χ3n) is 5.25. The third kappa shape index (κ3) is 4.29. The van der Waals surface area contributed by atoms with Crippen LogP contribution in [0, 0.1) is 5.92 Å². The van der Waals surface area contributed by atoms with Gasteiger partial charge in [-0.3, -0.25) is 14.5 Å². The molecule has 0 radical (unpaired) electrons. The van der Waals surface area contributed by atoms with Crippen molar-refractivity contribution in [1.29, 1.82) is 0 Å². The maximum Gasteiger partial charge on any atom is 0.301 e. The Bertz CT molecular complexity index is 1140. The van der Waals surface area contributed by atoms with Gasteiger partial charge in [0.2, 0.25) is 0 Å². The molecule has 1 saturated heterocycles. The summed E-state index contributed by atoms with van der Waals surface area (Å²) in [5.41, 5.74) is 1.17. The van der Waals surface area contributed by atoms with Gasteiger partial charge in [0.25, 0.3) is 5.78 Å². The third-order valence-corrected chi connectivity index (χ3v) is 6.03. The maximum atomic E-state index is 13.1. The van der Waals surface area contributed by atoms with Crippen molar-refractivity contribution in [2.75, 3.05) is 11.5 Å². The molecule has 3 aromatic rings. The molecule has 1 aliphatic rings. The number of aliphatic hydroxyl groups is 1. The molecule has 0 saturated carbocycles. The van der Waals surface area contributed by atoms with Crippen LogP contribution < -0.4 is 9.64 Å². The van der Waals surface area contributed by atoms with Crippen molar-refractivity contribution >= 4 is 33.9 Å². The zero-order valence-corrected chi connectivity index (χ0v) is 18.7. The van der Waals surface area contributed by atoms with Crippen LogP contribution in [0.25, 0.3) is 5.76 Å². The van der Waals surface area contributed by atoms with Gasteiger partial charge in [-0.1, -0.05) is 56.3 Å². The molecule has 1 fully saturated rings. The summed E-state index contributed by atoms with van der Waals surface area (Å²) in [6.07, 6.45) is 2.49. The highest BCUT2D eigenvalue weighted by molar-refractivity contribution is 7.14. The van der Waals surface area contributed by atoms with Crippen LogP contribution in [-0.4, -0.2) is 28.4 Å². The Kier molecular flexibility index (Phi) is 6.37. The first kappa shape index (κ1) is 21.8. The standard InChI is InChI=1S/C25H24N2O4S/c1-16(2)11-13-31-19-10-6-9-18(15-19)21-20(22(28)17-7-4-3-5-8-17)23(29)24(30)27(21)25-26-12-14-32-25/h3-10,12,14-16,21,28H,11,13H2,1-2H3/b22-20+. The van der Waals surface area contributed by atoms with E-state index in [0.717, 1.165) is 6.42 Å². The predicted molar refractivity (Wildman–Crippen MR) is 125 cm³/mol. The number of rotatable bonds is 7. The summed E-state index contributed by atoms with van der Waals surface area (Å²) in [6.45, 7) is 4.83. The Morgan fingerprint density at radius 2 is 1.94 bits per heavy atom. The number of aromatic nitrogens is 1. The van der Waals surface area contributed by atoms with E-state index >= 15 is 0 Å². The number of hydrogen-bond acceptors (Lipinski definition) is 6. The van der Waals surface area contributed by atoms with Crippen LogP contribution in [-0.2, 0) is 9.59 Å². The van der Waals surface area contributed by atoms with Gasteiger partial charge in [-0.05, 0) is 30.0 Å². The average molecular weight is 449 g/mol. The molecule has 1 amide bonds. The summed E-state index contributed by atoms with van der Waals surface area (Å²) in [7, 11) is 0. The lowest BCUT2D eigenvalue weighted by Gasteiger charge is -2.23. The second-order valence-corrected chi connectivity index (χ2v) is 8.83. The molecule has 1 N–H and O–H groups in total. The molecule has 0 spiro atoms. The lowest BCUT2D eigenvalue weighted by atomic mass is 9.95. The van der Waals surface area contributed by atoms with Gasteiger partial charge in [0, 0.05) is 17.1 Å². The molecule has 2 heterocycles. The molecule has 32 heavy (non-hydrogen) atoms. The lowest BCUT2D eigenvalue weighted by Crippen LogP contribution is -2.29. The van der Waals surface area contributed by atoms with Gasteiger partial charge >= 0.3 is 5.91 Å². The average Bonchev–Trinajstić information content (AvgIpc) is 3.41. The summed E-state index contributed by atoms with van der Waals surface area (Å²) in [4.78, 5) is 31.7. The fourth-order valence-corrected chi connectivity index (χ4v) is 4.29. The van der Waals surface area contributed by atoms with Crippen LogP contribution in [0.5, 0.6) is 5.75 Å². The second kappa shape index (κ2) is 9.36. The van der Waals surface area contributed by atoms with Crippen molar-refractivity contribution < 1.29 is 19.4 Å². The molecule has 6 nitrogen and oxygen atoms in total. The van der Waals surface area contributed by atoms with Gasteiger partial charge in [-0.25, -0.2) is 4.98 Å². The van der Waals surface area contributed by atoms with E-state index in [-0.39, 0.29) is 11.3 Å². The van der Waals surface area contributed by atoms with Crippen LogP contribution in [0.4, 0.5) is 5.13 Å². The number of hydrogen-bond donors (Lipinski definition) is 1. The lowest BCUT2D eigenvalue weighted by molar-refractivity contribution is -0.132. The first-order chi connectivity index (χ1) is 15.5. The molecule has 2 aromatic carbocycles. The Hall–Kier alpha value is -3.45. The first-order valence-corrected chi connectivity index (χ1v) is 11.3. The van der Waals surface area contributed by atoms with Gasteiger partial charge in [0.05, 0.1) is 18.2 Å². The molecule has 7 heteroatoms. The van der Waals surface area contributed by atoms with E-state index in [2.05, 4.69) is 18.8 Å². The van der Waals surface area contributed by atoms with Crippen LogP contribution in [0.1, 0.15) is 37.4 Å². The minimum atomic E-state index is -0.810. The van der Waals surface area contributed by atoms with E-state index in [1.54, 1.807) is 35.8 Å². The van der Waals surface area contributed by atoms with Gasteiger partial charge in [0.1, 0.15) is 11.5 Å². The second-order valence-electron chi connectivity index (χ2n) is 7.95. The number of anilines is 1. The van der Waals surface area contributed by atoms with E-state index < -0.39 is 17.7 Å². The van der Waals surface area contributed by atoms with Crippen molar-refractivity contribution in [1.82, 2.24) is 4.98 Å². The molecule has 1 atom stereocenters. The summed E-state index contributed by atoms with van der Waals surface area (Å²) < 4.78 is 5.90. The molecule has 4 rings (SSSR count). The van der Waals surface area contributed by atoms with E-state index in [1.165, 1.54) is 16.2 Å². The van der Waals surface area contributed by atoms with E-state index in [0.29, 0.717) is 34.5 Å². The number of ketones is 1. The van der Waals surface area contributed by atoms with E-state index in [4.69, 9.17) is 4.74 Å². The fraction of sp³-hybridized carbons (Fsp3) is 0.240. The van der Waals surface area contributed by atoms with Crippen LogP contribution in [0.15, 0.2) is 71.7 Å². The quantitative estimate of drug-likeness (QED) is 0.305. The predicted octanol–water partition coefficient (Wildman–Crippen LogP) is 5.19. The normalized spacial score (nSPS) is 17.8. The van der Waals surface area contributed by atoms with Crippen molar-refractivity contribution in [3.63, 3.8) is 0 Å². The number of benzene rings is 2. The largest absolute Gasteiger partial charge is 0.507 e. The van der Waals surface area contributed by atoms with Crippen molar-refractivity contribution in [3.8, 4) is 5.75 Å². The minimum absolute atomic E-state index is 0.0377. The zero-order chi connectivity index (χ0) is 22.7. The topological polar surface area (TPSA) is 79.7 Å².